The number of aryl methyl sites for hydroxylation is 1. The van der Waals surface area contributed by atoms with E-state index in [1.165, 1.54) is 0 Å². The fraction of sp³-hybridized carbons (Fsp3) is 0.320. The van der Waals surface area contributed by atoms with Crippen LogP contribution in [0.5, 0.6) is 0 Å². The summed E-state index contributed by atoms with van der Waals surface area (Å²) in [6, 6.07) is 15.5. The lowest BCUT2D eigenvalue weighted by atomic mass is 9.98. The smallest absolute Gasteiger partial charge is 0.323 e. The van der Waals surface area contributed by atoms with E-state index in [1.807, 2.05) is 28.8 Å². The molecule has 3 N–H and O–H groups in total. The lowest BCUT2D eigenvalue weighted by Gasteiger charge is -2.14. The van der Waals surface area contributed by atoms with Crippen LogP contribution in [0.25, 0.3) is 22.5 Å². The Morgan fingerprint density at radius 1 is 1.17 bits per heavy atom. The maximum atomic E-state index is 11.9. The van der Waals surface area contributed by atoms with Crippen molar-refractivity contribution in [3.63, 3.8) is 0 Å². The lowest BCUT2D eigenvalue weighted by molar-refractivity contribution is -0.146. The highest BCUT2D eigenvalue weighted by Crippen LogP contribution is 2.30. The zero-order chi connectivity index (χ0) is 24.8. The molecule has 2 heterocycles. The normalized spacial score (nSPS) is 12.0. The molecule has 0 radical (unpaired) electrons. The number of ether oxygens (including phenoxy) is 1. The number of unbranched alkanes of at least 4 members (excludes halogenated alkanes) is 1. The lowest BCUT2D eigenvalue weighted by Crippen LogP contribution is -2.28. The third-order valence-corrected chi connectivity index (χ3v) is 6.00. The second-order valence-corrected chi connectivity index (χ2v) is 8.69. The number of aromatic nitrogens is 6. The van der Waals surface area contributed by atoms with Gasteiger partial charge in [0, 0.05) is 18.5 Å². The van der Waals surface area contributed by atoms with Crippen LogP contribution in [-0.2, 0) is 29.1 Å². The van der Waals surface area contributed by atoms with E-state index < -0.39 is 12.0 Å². The number of aromatic amines is 1. The number of hydrogen-bond donors (Lipinski definition) is 2. The molecule has 0 saturated heterocycles. The molecule has 35 heavy (non-hydrogen) atoms. The van der Waals surface area contributed by atoms with Gasteiger partial charge in [0.25, 0.3) is 0 Å². The van der Waals surface area contributed by atoms with Gasteiger partial charge >= 0.3 is 5.97 Å². The minimum absolute atomic E-state index is 0.0223. The average Bonchev–Trinajstić information content (AvgIpc) is 3.50. The first kappa shape index (κ1) is 24.6. The largest absolute Gasteiger partial charge is 0.458 e. The van der Waals surface area contributed by atoms with Gasteiger partial charge in [-0.05, 0) is 35.2 Å². The Morgan fingerprint density at radius 3 is 2.57 bits per heavy atom. The van der Waals surface area contributed by atoms with Crippen molar-refractivity contribution in [3.05, 3.63) is 70.8 Å². The highest BCUT2D eigenvalue weighted by atomic mass is 35.5. The molecule has 2 aromatic carbocycles. The molecule has 0 aliphatic heterocycles. The molecular formula is C25H28ClN7O2. The van der Waals surface area contributed by atoms with Gasteiger partial charge in [0.05, 0.1) is 5.69 Å². The molecule has 0 saturated carbocycles. The van der Waals surface area contributed by atoms with Crippen LogP contribution in [0, 0.1) is 0 Å². The molecule has 0 unspecified atom stereocenters. The Bertz CT molecular complexity index is 1270. The topological polar surface area (TPSA) is 125 Å². The molecule has 2 aromatic heterocycles. The SMILES string of the molecule is CCCCc1nc(Cl)c(COC(=O)[C@@H](C)N)n1Cc1ccc(-c2ccccc2-c2nn[nH]n2)cc1. The molecule has 4 aromatic rings. The van der Waals surface area contributed by atoms with E-state index in [9.17, 15) is 4.79 Å². The number of hydrogen-bond acceptors (Lipinski definition) is 7. The fourth-order valence-corrected chi connectivity index (χ4v) is 4.06. The summed E-state index contributed by atoms with van der Waals surface area (Å²) >= 11 is 6.46. The second kappa shape index (κ2) is 11.2. The van der Waals surface area contributed by atoms with Crippen LogP contribution in [0.3, 0.4) is 0 Å². The molecule has 182 valence electrons. The summed E-state index contributed by atoms with van der Waals surface area (Å²) in [5.41, 5.74) is 10.3. The standard InChI is InChI=1S/C25H28ClN7O2/c1-3-4-9-22-28-23(26)21(15-35-25(34)16(2)27)33(22)14-17-10-12-18(13-11-17)19-7-5-6-8-20(19)24-29-31-32-30-24/h5-8,10-13,16H,3-4,9,14-15,27H2,1-2H3,(H,29,30,31,32)/t16-/m1/s1. The Kier molecular flexibility index (Phi) is 7.89. The number of H-pyrrole nitrogens is 1. The number of nitrogens with zero attached hydrogens (tertiary/aromatic N) is 5. The third-order valence-electron chi connectivity index (χ3n) is 5.70. The number of benzene rings is 2. The molecule has 0 aliphatic carbocycles. The molecule has 0 spiro atoms. The summed E-state index contributed by atoms with van der Waals surface area (Å²) in [7, 11) is 0. The van der Waals surface area contributed by atoms with Crippen molar-refractivity contribution in [1.82, 2.24) is 30.2 Å². The van der Waals surface area contributed by atoms with E-state index in [4.69, 9.17) is 22.1 Å². The number of tetrazole rings is 1. The fourth-order valence-electron chi connectivity index (χ4n) is 3.80. The highest BCUT2D eigenvalue weighted by Gasteiger charge is 2.19. The van der Waals surface area contributed by atoms with Crippen LogP contribution in [0.15, 0.2) is 48.5 Å². The number of carbonyl (C=O) groups is 1. The van der Waals surface area contributed by atoms with E-state index in [0.29, 0.717) is 23.2 Å². The van der Waals surface area contributed by atoms with Gasteiger partial charge < -0.3 is 15.0 Å². The molecule has 10 heteroatoms. The van der Waals surface area contributed by atoms with Crippen LogP contribution in [-0.4, -0.2) is 42.2 Å². The predicted octanol–water partition coefficient (Wildman–Crippen LogP) is 4.16. The van der Waals surface area contributed by atoms with Crippen LogP contribution in [0.1, 0.15) is 43.8 Å². The molecule has 0 fully saturated rings. The Labute approximate surface area is 208 Å². The third kappa shape index (κ3) is 5.75. The van der Waals surface area contributed by atoms with Gasteiger partial charge in [0.15, 0.2) is 5.15 Å². The number of nitrogens with two attached hydrogens (primary N) is 1. The van der Waals surface area contributed by atoms with Gasteiger partial charge in [-0.1, -0.05) is 73.5 Å². The second-order valence-electron chi connectivity index (χ2n) is 8.33. The van der Waals surface area contributed by atoms with Crippen molar-refractivity contribution in [2.24, 2.45) is 5.73 Å². The van der Waals surface area contributed by atoms with Crippen molar-refractivity contribution in [1.29, 1.82) is 0 Å². The van der Waals surface area contributed by atoms with Crippen LogP contribution >= 0.6 is 11.6 Å². The number of carbonyl (C=O) groups excluding carboxylic acids is 1. The van der Waals surface area contributed by atoms with E-state index in [1.54, 1.807) is 6.92 Å². The van der Waals surface area contributed by atoms with Gasteiger partial charge in [-0.2, -0.15) is 5.21 Å². The van der Waals surface area contributed by atoms with Crippen LogP contribution in [0.2, 0.25) is 5.15 Å². The summed E-state index contributed by atoms with van der Waals surface area (Å²) < 4.78 is 7.40. The van der Waals surface area contributed by atoms with Crippen LogP contribution in [0.4, 0.5) is 0 Å². The molecular weight excluding hydrogens is 466 g/mol. The van der Waals surface area contributed by atoms with Crippen molar-refractivity contribution >= 4 is 17.6 Å². The van der Waals surface area contributed by atoms with E-state index in [0.717, 1.165) is 47.3 Å². The minimum Gasteiger partial charge on any atom is -0.458 e. The zero-order valence-corrected chi connectivity index (χ0v) is 20.5. The van der Waals surface area contributed by atoms with Gasteiger partial charge in [0.1, 0.15) is 18.5 Å². The first-order valence-corrected chi connectivity index (χ1v) is 11.9. The number of nitrogens with one attached hydrogen (secondary N) is 1. The highest BCUT2D eigenvalue weighted by molar-refractivity contribution is 6.30. The Morgan fingerprint density at radius 2 is 1.91 bits per heavy atom. The summed E-state index contributed by atoms with van der Waals surface area (Å²) in [6.45, 7) is 4.29. The van der Waals surface area contributed by atoms with Crippen molar-refractivity contribution in [2.45, 2.75) is 52.3 Å². The molecule has 9 nitrogen and oxygen atoms in total. The molecule has 1 atom stereocenters. The summed E-state index contributed by atoms with van der Waals surface area (Å²) in [6.07, 6.45) is 2.81. The zero-order valence-electron chi connectivity index (χ0n) is 19.7. The van der Waals surface area contributed by atoms with E-state index in [-0.39, 0.29) is 6.61 Å². The minimum atomic E-state index is -0.701. The average molecular weight is 494 g/mol. The monoisotopic (exact) mass is 493 g/mol. The molecule has 0 amide bonds. The number of esters is 1. The quantitative estimate of drug-likeness (QED) is 0.318. The summed E-state index contributed by atoms with van der Waals surface area (Å²) in [4.78, 5) is 16.5. The number of halogens is 1. The Hall–Kier alpha value is -3.56. The van der Waals surface area contributed by atoms with Crippen molar-refractivity contribution in [2.75, 3.05) is 0 Å². The van der Waals surface area contributed by atoms with Gasteiger partial charge in [-0.3, -0.25) is 4.79 Å². The maximum Gasteiger partial charge on any atom is 0.323 e. The summed E-state index contributed by atoms with van der Waals surface area (Å²) in [5.74, 6) is 0.938. The van der Waals surface area contributed by atoms with E-state index >= 15 is 0 Å². The summed E-state index contributed by atoms with van der Waals surface area (Å²) in [5, 5.41) is 14.8. The first-order chi connectivity index (χ1) is 17.0. The molecule has 0 bridgehead atoms. The maximum absolute atomic E-state index is 11.9. The molecule has 0 aliphatic rings. The Balaban J connectivity index is 1.60. The van der Waals surface area contributed by atoms with E-state index in [2.05, 4.69) is 56.8 Å². The van der Waals surface area contributed by atoms with Crippen molar-refractivity contribution < 1.29 is 9.53 Å². The van der Waals surface area contributed by atoms with Gasteiger partial charge in [-0.25, -0.2) is 4.98 Å². The number of rotatable bonds is 10. The number of imidazole rings is 1. The molecule has 4 rings (SSSR count). The van der Waals surface area contributed by atoms with Gasteiger partial charge in [0.2, 0.25) is 5.82 Å². The van der Waals surface area contributed by atoms with Crippen molar-refractivity contribution in [3.8, 4) is 22.5 Å². The van der Waals surface area contributed by atoms with Gasteiger partial charge in [-0.15, -0.1) is 10.2 Å². The predicted molar refractivity (Wildman–Crippen MR) is 133 cm³/mol. The van der Waals surface area contributed by atoms with Crippen LogP contribution < -0.4 is 5.73 Å². The first-order valence-electron chi connectivity index (χ1n) is 11.6.